The average molecular weight is 354 g/mol. The molecular formula is C19H22N4O3. The van der Waals surface area contributed by atoms with E-state index in [9.17, 15) is 4.79 Å². The average Bonchev–Trinajstić information content (AvgIpc) is 3.07. The van der Waals surface area contributed by atoms with Gasteiger partial charge in [0.15, 0.2) is 0 Å². The van der Waals surface area contributed by atoms with Gasteiger partial charge in [0, 0.05) is 30.6 Å². The van der Waals surface area contributed by atoms with Crippen LogP contribution in [0.2, 0.25) is 0 Å². The summed E-state index contributed by atoms with van der Waals surface area (Å²) in [4.78, 5) is 23.3. The number of aromatic nitrogens is 3. The third-order valence-corrected chi connectivity index (χ3v) is 3.95. The SMILES string of the molecule is CCc1cc(=O)[nH]c(-c2ccc(NC(COC)c3ccc(C)o3)nc2)n1. The van der Waals surface area contributed by atoms with Gasteiger partial charge in [0.25, 0.3) is 5.56 Å². The molecule has 3 aromatic rings. The summed E-state index contributed by atoms with van der Waals surface area (Å²) in [6, 6.07) is 8.91. The number of ether oxygens (including phenoxy) is 1. The summed E-state index contributed by atoms with van der Waals surface area (Å²) in [6.45, 7) is 4.31. The summed E-state index contributed by atoms with van der Waals surface area (Å²) in [7, 11) is 1.64. The highest BCUT2D eigenvalue weighted by atomic mass is 16.5. The number of aryl methyl sites for hydroxylation is 2. The number of pyridine rings is 1. The first-order chi connectivity index (χ1) is 12.6. The summed E-state index contributed by atoms with van der Waals surface area (Å²) in [5, 5.41) is 3.30. The standard InChI is InChI=1S/C19H22N4O3/c1-4-14-9-18(24)23-19(21-14)13-6-8-17(20-10-13)22-15(11-25-3)16-7-5-12(2)26-16/h5-10,15H,4,11H2,1-3H3,(H,20,22)(H,21,23,24). The number of hydrogen-bond acceptors (Lipinski definition) is 6. The zero-order valence-electron chi connectivity index (χ0n) is 15.1. The van der Waals surface area contributed by atoms with Crippen LogP contribution in [0.25, 0.3) is 11.4 Å². The molecule has 7 heteroatoms. The van der Waals surface area contributed by atoms with Crippen LogP contribution < -0.4 is 10.9 Å². The van der Waals surface area contributed by atoms with Gasteiger partial charge in [0.05, 0.1) is 6.61 Å². The van der Waals surface area contributed by atoms with E-state index in [0.717, 1.165) is 22.8 Å². The molecule has 0 aliphatic carbocycles. The van der Waals surface area contributed by atoms with Crippen LogP contribution in [-0.2, 0) is 11.2 Å². The summed E-state index contributed by atoms with van der Waals surface area (Å²) >= 11 is 0. The van der Waals surface area contributed by atoms with Crippen molar-refractivity contribution in [1.29, 1.82) is 0 Å². The summed E-state index contributed by atoms with van der Waals surface area (Å²) < 4.78 is 11.0. The van der Waals surface area contributed by atoms with Gasteiger partial charge in [0.1, 0.15) is 29.2 Å². The highest BCUT2D eigenvalue weighted by Crippen LogP contribution is 2.22. The van der Waals surface area contributed by atoms with Crippen LogP contribution in [0.5, 0.6) is 0 Å². The molecule has 3 aromatic heterocycles. The van der Waals surface area contributed by atoms with Gasteiger partial charge in [-0.05, 0) is 37.6 Å². The fourth-order valence-electron chi connectivity index (χ4n) is 2.63. The Hall–Kier alpha value is -2.93. The minimum Gasteiger partial charge on any atom is -0.464 e. The number of hydrogen-bond donors (Lipinski definition) is 2. The molecule has 0 spiro atoms. The molecule has 0 fully saturated rings. The van der Waals surface area contributed by atoms with Crippen LogP contribution >= 0.6 is 0 Å². The lowest BCUT2D eigenvalue weighted by Crippen LogP contribution is -2.16. The molecule has 1 unspecified atom stereocenters. The van der Waals surface area contributed by atoms with Gasteiger partial charge in [-0.25, -0.2) is 9.97 Å². The Kier molecular flexibility index (Phi) is 5.48. The van der Waals surface area contributed by atoms with Crippen molar-refractivity contribution in [3.63, 3.8) is 0 Å². The van der Waals surface area contributed by atoms with Crippen molar-refractivity contribution in [3.8, 4) is 11.4 Å². The third-order valence-electron chi connectivity index (χ3n) is 3.95. The number of nitrogens with zero attached hydrogens (tertiary/aromatic N) is 2. The van der Waals surface area contributed by atoms with Gasteiger partial charge in [-0.3, -0.25) is 4.79 Å². The van der Waals surface area contributed by atoms with Gasteiger partial charge < -0.3 is 19.5 Å². The number of aromatic amines is 1. The van der Waals surface area contributed by atoms with E-state index < -0.39 is 0 Å². The third kappa shape index (κ3) is 4.18. The molecule has 26 heavy (non-hydrogen) atoms. The molecule has 2 N–H and O–H groups in total. The highest BCUT2D eigenvalue weighted by molar-refractivity contribution is 5.56. The van der Waals surface area contributed by atoms with Gasteiger partial charge >= 0.3 is 0 Å². The van der Waals surface area contributed by atoms with Crippen molar-refractivity contribution < 1.29 is 9.15 Å². The van der Waals surface area contributed by atoms with E-state index in [1.165, 1.54) is 6.07 Å². The van der Waals surface area contributed by atoms with Crippen molar-refractivity contribution in [2.45, 2.75) is 26.3 Å². The molecule has 0 saturated heterocycles. The molecule has 0 aliphatic heterocycles. The van der Waals surface area contributed by atoms with Gasteiger partial charge in [-0.2, -0.15) is 0 Å². The van der Waals surface area contributed by atoms with E-state index in [-0.39, 0.29) is 11.6 Å². The van der Waals surface area contributed by atoms with E-state index >= 15 is 0 Å². The van der Waals surface area contributed by atoms with Crippen LogP contribution in [0.15, 0.2) is 45.7 Å². The lowest BCUT2D eigenvalue weighted by atomic mass is 10.2. The van der Waals surface area contributed by atoms with Crippen molar-refractivity contribution in [3.05, 3.63) is 64.1 Å². The number of furan rings is 1. The maximum Gasteiger partial charge on any atom is 0.251 e. The molecule has 0 bridgehead atoms. The van der Waals surface area contributed by atoms with Crippen molar-refractivity contribution in [2.24, 2.45) is 0 Å². The fraction of sp³-hybridized carbons (Fsp3) is 0.316. The number of anilines is 1. The largest absolute Gasteiger partial charge is 0.464 e. The van der Waals surface area contributed by atoms with Crippen LogP contribution in [-0.4, -0.2) is 28.7 Å². The van der Waals surface area contributed by atoms with E-state index in [1.807, 2.05) is 38.1 Å². The number of H-pyrrole nitrogens is 1. The van der Waals surface area contributed by atoms with E-state index in [4.69, 9.17) is 9.15 Å². The molecule has 3 heterocycles. The molecule has 0 saturated carbocycles. The molecule has 136 valence electrons. The Balaban J connectivity index is 1.80. The quantitative estimate of drug-likeness (QED) is 0.677. The zero-order chi connectivity index (χ0) is 18.5. The predicted octanol–water partition coefficient (Wildman–Crippen LogP) is 3.10. The Labute approximate surface area is 151 Å². The Morgan fingerprint density at radius 2 is 2.15 bits per heavy atom. The second kappa shape index (κ2) is 7.97. The van der Waals surface area contributed by atoms with Crippen LogP contribution in [0.3, 0.4) is 0 Å². The normalized spacial score (nSPS) is 12.1. The second-order valence-electron chi connectivity index (χ2n) is 5.97. The molecule has 1 atom stereocenters. The lowest BCUT2D eigenvalue weighted by Gasteiger charge is -2.16. The van der Waals surface area contributed by atoms with Crippen molar-refractivity contribution in [2.75, 3.05) is 19.0 Å². The fourth-order valence-corrected chi connectivity index (χ4v) is 2.63. The zero-order valence-corrected chi connectivity index (χ0v) is 15.1. The molecule has 3 rings (SSSR count). The lowest BCUT2D eigenvalue weighted by molar-refractivity contribution is 0.178. The Bertz CT molecular complexity index is 915. The van der Waals surface area contributed by atoms with Crippen LogP contribution in [0.4, 0.5) is 5.82 Å². The van der Waals surface area contributed by atoms with Crippen molar-refractivity contribution >= 4 is 5.82 Å². The number of methoxy groups -OCH3 is 1. The van der Waals surface area contributed by atoms with E-state index in [2.05, 4.69) is 20.3 Å². The predicted molar refractivity (Wildman–Crippen MR) is 99.2 cm³/mol. The Morgan fingerprint density at radius 1 is 1.31 bits per heavy atom. The molecule has 0 amide bonds. The number of nitrogens with one attached hydrogen (secondary N) is 2. The van der Waals surface area contributed by atoms with Crippen LogP contribution in [0, 0.1) is 6.92 Å². The summed E-state index contributed by atoms with van der Waals surface area (Å²) in [6.07, 6.45) is 2.38. The van der Waals surface area contributed by atoms with Gasteiger partial charge in [-0.1, -0.05) is 6.92 Å². The topological polar surface area (TPSA) is 93.0 Å². The van der Waals surface area contributed by atoms with E-state index in [0.29, 0.717) is 24.7 Å². The highest BCUT2D eigenvalue weighted by Gasteiger charge is 2.16. The maximum absolute atomic E-state index is 11.7. The maximum atomic E-state index is 11.7. The van der Waals surface area contributed by atoms with E-state index in [1.54, 1.807) is 13.3 Å². The van der Waals surface area contributed by atoms with Crippen LogP contribution in [0.1, 0.15) is 30.2 Å². The Morgan fingerprint density at radius 3 is 2.77 bits per heavy atom. The first-order valence-corrected chi connectivity index (χ1v) is 8.47. The smallest absolute Gasteiger partial charge is 0.251 e. The first kappa shape index (κ1) is 17.9. The molecule has 0 aromatic carbocycles. The summed E-state index contributed by atoms with van der Waals surface area (Å²) in [5.74, 6) is 2.83. The second-order valence-corrected chi connectivity index (χ2v) is 5.97. The molecule has 0 radical (unpaired) electrons. The number of rotatable bonds is 7. The minimum absolute atomic E-state index is 0.145. The molecule has 7 nitrogen and oxygen atoms in total. The van der Waals surface area contributed by atoms with Gasteiger partial charge in [-0.15, -0.1) is 0 Å². The molecule has 0 aliphatic rings. The first-order valence-electron chi connectivity index (χ1n) is 8.47. The van der Waals surface area contributed by atoms with Gasteiger partial charge in [0.2, 0.25) is 0 Å². The van der Waals surface area contributed by atoms with Crippen molar-refractivity contribution in [1.82, 2.24) is 15.0 Å². The monoisotopic (exact) mass is 354 g/mol. The summed E-state index contributed by atoms with van der Waals surface area (Å²) in [5.41, 5.74) is 1.33. The minimum atomic E-state index is -0.164. The molecular weight excluding hydrogens is 332 g/mol.